The van der Waals surface area contributed by atoms with Crippen LogP contribution in [-0.4, -0.2) is 43.8 Å². The Kier molecular flexibility index (Phi) is 5.05. The predicted molar refractivity (Wildman–Crippen MR) is 103 cm³/mol. The summed E-state index contributed by atoms with van der Waals surface area (Å²) in [6.07, 6.45) is 2.90. The molecule has 27 heavy (non-hydrogen) atoms. The number of halogens is 1. The van der Waals surface area contributed by atoms with E-state index in [-0.39, 0.29) is 11.2 Å². The summed E-state index contributed by atoms with van der Waals surface area (Å²) < 4.78 is 40.8. The molecule has 0 bridgehead atoms. The summed E-state index contributed by atoms with van der Waals surface area (Å²) in [4.78, 5) is 2.72. The van der Waals surface area contributed by atoms with Crippen LogP contribution in [0.4, 0.5) is 4.39 Å². The zero-order chi connectivity index (χ0) is 18.9. The van der Waals surface area contributed by atoms with Crippen LogP contribution in [0.15, 0.2) is 59.5 Å². The Morgan fingerprint density at radius 3 is 2.33 bits per heavy atom. The highest BCUT2D eigenvalue weighted by atomic mass is 32.2. The molecule has 2 aromatic carbocycles. The van der Waals surface area contributed by atoms with Gasteiger partial charge in [-0.05, 0) is 67.6 Å². The van der Waals surface area contributed by atoms with Gasteiger partial charge in [-0.3, -0.25) is 4.90 Å². The lowest BCUT2D eigenvalue weighted by Crippen LogP contribution is -2.41. The predicted octanol–water partition coefficient (Wildman–Crippen LogP) is 3.50. The van der Waals surface area contributed by atoms with E-state index in [4.69, 9.17) is 0 Å². The van der Waals surface area contributed by atoms with Crippen molar-refractivity contribution < 1.29 is 12.8 Å². The summed E-state index contributed by atoms with van der Waals surface area (Å²) in [5.74, 6) is -0.196. The number of likely N-dealkylation sites (tertiary alicyclic amines) is 1. The second-order valence-electron chi connectivity index (χ2n) is 7.81. The minimum Gasteiger partial charge on any atom is -0.299 e. The van der Waals surface area contributed by atoms with Crippen LogP contribution in [0.1, 0.15) is 24.8 Å². The fourth-order valence-corrected chi connectivity index (χ4v) is 5.90. The largest absolute Gasteiger partial charge is 0.299 e. The first kappa shape index (κ1) is 18.6. The highest BCUT2D eigenvalue weighted by Gasteiger charge is 2.44. The Hall–Kier alpha value is -1.76. The molecule has 0 saturated carbocycles. The Morgan fingerprint density at radius 2 is 1.63 bits per heavy atom. The molecule has 4 rings (SSSR count). The molecule has 1 spiro atoms. The first-order valence-electron chi connectivity index (χ1n) is 9.49. The molecule has 2 aromatic rings. The lowest BCUT2D eigenvalue weighted by atomic mass is 9.78. The van der Waals surface area contributed by atoms with E-state index in [1.165, 1.54) is 6.07 Å². The molecule has 2 fully saturated rings. The van der Waals surface area contributed by atoms with Gasteiger partial charge in [0.05, 0.1) is 4.90 Å². The Labute approximate surface area is 160 Å². The maximum atomic E-state index is 13.4. The SMILES string of the molecule is O=S(=O)(c1ccccc1)N1CCC2(CCN(Cc3cccc(F)c3)CC2)C1. The molecule has 2 aliphatic rings. The van der Waals surface area contributed by atoms with Gasteiger partial charge < -0.3 is 0 Å². The van der Waals surface area contributed by atoms with E-state index < -0.39 is 10.0 Å². The molecular formula is C21H25FN2O2S. The lowest BCUT2D eigenvalue weighted by molar-refractivity contribution is 0.109. The van der Waals surface area contributed by atoms with Crippen molar-refractivity contribution in [3.63, 3.8) is 0 Å². The van der Waals surface area contributed by atoms with Crippen LogP contribution in [0, 0.1) is 11.2 Å². The van der Waals surface area contributed by atoms with Crippen LogP contribution < -0.4 is 0 Å². The number of hydrogen-bond acceptors (Lipinski definition) is 3. The second kappa shape index (κ2) is 7.34. The molecule has 6 heteroatoms. The van der Waals surface area contributed by atoms with E-state index in [1.54, 1.807) is 40.7 Å². The van der Waals surface area contributed by atoms with Crippen LogP contribution in [0.25, 0.3) is 0 Å². The number of nitrogens with zero attached hydrogens (tertiary/aromatic N) is 2. The van der Waals surface area contributed by atoms with Crippen LogP contribution in [0.3, 0.4) is 0 Å². The van der Waals surface area contributed by atoms with E-state index in [2.05, 4.69) is 4.90 Å². The van der Waals surface area contributed by atoms with Gasteiger partial charge in [0, 0.05) is 19.6 Å². The Balaban J connectivity index is 1.38. The number of benzene rings is 2. The summed E-state index contributed by atoms with van der Waals surface area (Å²) >= 11 is 0. The number of rotatable bonds is 4. The maximum Gasteiger partial charge on any atom is 0.243 e. The van der Waals surface area contributed by atoms with Crippen molar-refractivity contribution in [2.24, 2.45) is 5.41 Å². The van der Waals surface area contributed by atoms with Crippen molar-refractivity contribution in [2.75, 3.05) is 26.2 Å². The number of hydrogen-bond donors (Lipinski definition) is 0. The van der Waals surface area contributed by atoms with Gasteiger partial charge in [-0.15, -0.1) is 0 Å². The highest BCUT2D eigenvalue weighted by molar-refractivity contribution is 7.89. The molecule has 0 amide bonds. The molecule has 0 radical (unpaired) electrons. The molecule has 2 saturated heterocycles. The monoisotopic (exact) mass is 388 g/mol. The fourth-order valence-electron chi connectivity index (χ4n) is 4.33. The van der Waals surface area contributed by atoms with Gasteiger partial charge in [-0.2, -0.15) is 4.31 Å². The topological polar surface area (TPSA) is 40.6 Å². The van der Waals surface area contributed by atoms with Crippen LogP contribution in [0.5, 0.6) is 0 Å². The van der Waals surface area contributed by atoms with Crippen molar-refractivity contribution in [3.05, 3.63) is 66.0 Å². The smallest absolute Gasteiger partial charge is 0.243 e. The zero-order valence-electron chi connectivity index (χ0n) is 15.4. The van der Waals surface area contributed by atoms with E-state index in [1.807, 2.05) is 12.1 Å². The maximum absolute atomic E-state index is 13.4. The summed E-state index contributed by atoms with van der Waals surface area (Å²) in [5.41, 5.74) is 1.07. The van der Waals surface area contributed by atoms with Crippen molar-refractivity contribution in [1.29, 1.82) is 0 Å². The normalized spacial score (nSPS) is 20.9. The zero-order valence-corrected chi connectivity index (χ0v) is 16.2. The van der Waals surface area contributed by atoms with Gasteiger partial charge in [-0.1, -0.05) is 30.3 Å². The summed E-state index contributed by atoms with van der Waals surface area (Å²) in [5, 5.41) is 0. The van der Waals surface area contributed by atoms with E-state index in [0.717, 1.165) is 44.5 Å². The minimum atomic E-state index is -3.40. The van der Waals surface area contributed by atoms with E-state index in [9.17, 15) is 12.8 Å². The third kappa shape index (κ3) is 3.93. The summed E-state index contributed by atoms with van der Waals surface area (Å²) in [7, 11) is -3.40. The first-order valence-corrected chi connectivity index (χ1v) is 10.9. The van der Waals surface area contributed by atoms with Crippen LogP contribution >= 0.6 is 0 Å². The molecule has 0 atom stereocenters. The van der Waals surface area contributed by atoms with Crippen molar-refractivity contribution in [1.82, 2.24) is 9.21 Å². The molecule has 144 valence electrons. The molecule has 4 nitrogen and oxygen atoms in total. The van der Waals surface area contributed by atoms with E-state index >= 15 is 0 Å². The van der Waals surface area contributed by atoms with E-state index in [0.29, 0.717) is 18.0 Å². The average Bonchev–Trinajstić information content (AvgIpc) is 3.09. The molecular weight excluding hydrogens is 363 g/mol. The van der Waals surface area contributed by atoms with Crippen LogP contribution in [-0.2, 0) is 16.6 Å². The van der Waals surface area contributed by atoms with Gasteiger partial charge in [0.15, 0.2) is 0 Å². The first-order chi connectivity index (χ1) is 13.0. The van der Waals surface area contributed by atoms with Gasteiger partial charge in [0.2, 0.25) is 10.0 Å². The second-order valence-corrected chi connectivity index (χ2v) is 9.75. The molecule has 0 N–H and O–H groups in total. The molecule has 0 aromatic heterocycles. The Bertz CT molecular complexity index is 893. The highest BCUT2D eigenvalue weighted by Crippen LogP contribution is 2.42. The third-order valence-corrected chi connectivity index (χ3v) is 7.86. The quantitative estimate of drug-likeness (QED) is 0.805. The molecule has 2 aliphatic heterocycles. The minimum absolute atomic E-state index is 0.0836. The number of sulfonamides is 1. The van der Waals surface area contributed by atoms with Crippen molar-refractivity contribution >= 4 is 10.0 Å². The number of piperidine rings is 1. The summed E-state index contributed by atoms with van der Waals surface area (Å²) in [6.45, 7) is 3.81. The van der Waals surface area contributed by atoms with Gasteiger partial charge in [0.25, 0.3) is 0 Å². The van der Waals surface area contributed by atoms with Gasteiger partial charge in [-0.25, -0.2) is 12.8 Å². The average molecular weight is 389 g/mol. The van der Waals surface area contributed by atoms with Gasteiger partial charge >= 0.3 is 0 Å². The third-order valence-electron chi connectivity index (χ3n) is 6.00. The molecule has 0 unspecified atom stereocenters. The summed E-state index contributed by atoms with van der Waals surface area (Å²) in [6, 6.07) is 15.5. The van der Waals surface area contributed by atoms with Crippen molar-refractivity contribution in [3.8, 4) is 0 Å². The lowest BCUT2D eigenvalue weighted by Gasteiger charge is -2.39. The Morgan fingerprint density at radius 1 is 0.926 bits per heavy atom. The van der Waals surface area contributed by atoms with Crippen LogP contribution in [0.2, 0.25) is 0 Å². The van der Waals surface area contributed by atoms with Gasteiger partial charge in [0.1, 0.15) is 5.82 Å². The molecule has 0 aliphatic carbocycles. The fraction of sp³-hybridized carbons (Fsp3) is 0.429. The van der Waals surface area contributed by atoms with Crippen molar-refractivity contribution in [2.45, 2.75) is 30.7 Å². The standard InChI is InChI=1S/C21H25FN2O2S/c22-19-6-4-5-18(15-19)16-23-12-9-21(10-13-23)11-14-24(17-21)27(25,26)20-7-2-1-3-8-20/h1-8,15H,9-14,16-17H2. The molecule has 2 heterocycles.